The van der Waals surface area contributed by atoms with Gasteiger partial charge >= 0.3 is 0 Å². The maximum Gasteiger partial charge on any atom is 0.234 e. The van der Waals surface area contributed by atoms with Gasteiger partial charge in [-0.05, 0) is 17.7 Å². The topological polar surface area (TPSA) is 40.6 Å². The maximum absolute atomic E-state index is 11.9. The fourth-order valence-electron chi connectivity index (χ4n) is 2.97. The highest BCUT2D eigenvalue weighted by Gasteiger charge is 2.50. The lowest BCUT2D eigenvalue weighted by Crippen LogP contribution is -2.32. The molecule has 0 saturated carbocycles. The van der Waals surface area contributed by atoms with E-state index in [9.17, 15) is 9.59 Å². The molecular weight excluding hydrogens is 308 g/mol. The summed E-state index contributed by atoms with van der Waals surface area (Å²) in [4.78, 5) is 27.3. The van der Waals surface area contributed by atoms with Crippen molar-refractivity contribution in [2.24, 2.45) is 11.8 Å². The molecule has 1 aromatic carbocycles. The first-order chi connectivity index (χ1) is 9.06. The number of hydrogen-bond donors (Lipinski definition) is 0. The second kappa shape index (κ2) is 4.72. The minimum atomic E-state index is -0.132. The Balaban J connectivity index is 1.69. The van der Waals surface area contributed by atoms with E-state index in [4.69, 9.17) is 0 Å². The van der Waals surface area contributed by atoms with Gasteiger partial charge < -0.3 is 0 Å². The predicted molar refractivity (Wildman–Crippen MR) is 74.2 cm³/mol. The van der Waals surface area contributed by atoms with Crippen molar-refractivity contribution in [2.45, 2.75) is 6.54 Å². The molecule has 2 saturated heterocycles. The Bertz CT molecular complexity index is 505. The molecular formula is C14H15BrN2O2. The van der Waals surface area contributed by atoms with E-state index in [0.29, 0.717) is 13.1 Å². The molecule has 1 aromatic rings. The molecule has 0 bridgehead atoms. The normalized spacial score (nSPS) is 27.2. The van der Waals surface area contributed by atoms with Crippen LogP contribution in [0.4, 0.5) is 0 Å². The van der Waals surface area contributed by atoms with Gasteiger partial charge in [-0.2, -0.15) is 0 Å². The lowest BCUT2D eigenvalue weighted by Gasteiger charge is -2.18. The van der Waals surface area contributed by atoms with Crippen LogP contribution in [0.2, 0.25) is 0 Å². The smallest absolute Gasteiger partial charge is 0.234 e. The third-order valence-electron chi connectivity index (χ3n) is 4.01. The Labute approximate surface area is 120 Å². The number of likely N-dealkylation sites (tertiary alicyclic amines) is 2. The van der Waals surface area contributed by atoms with Crippen molar-refractivity contribution < 1.29 is 9.59 Å². The Hall–Kier alpha value is -1.20. The van der Waals surface area contributed by atoms with Crippen LogP contribution in [-0.4, -0.2) is 41.8 Å². The number of imide groups is 1. The lowest BCUT2D eigenvalue weighted by molar-refractivity contribution is -0.138. The molecule has 0 aliphatic carbocycles. The van der Waals surface area contributed by atoms with Crippen molar-refractivity contribution in [2.75, 3.05) is 20.1 Å². The SMILES string of the molecule is CN1C(=O)[C@H]2CN(Cc3ccc(Br)cc3)C[C@H]2C1=O. The molecule has 4 nitrogen and oxygen atoms in total. The highest BCUT2D eigenvalue weighted by atomic mass is 79.9. The summed E-state index contributed by atoms with van der Waals surface area (Å²) in [5, 5.41) is 0. The minimum Gasteiger partial charge on any atom is -0.297 e. The first-order valence-corrected chi connectivity index (χ1v) is 7.14. The summed E-state index contributed by atoms with van der Waals surface area (Å²) in [6.45, 7) is 2.18. The average molecular weight is 323 g/mol. The number of amides is 2. The Kier molecular flexibility index (Phi) is 3.19. The van der Waals surface area contributed by atoms with Crippen molar-refractivity contribution >= 4 is 27.7 Å². The van der Waals surface area contributed by atoms with Crippen LogP contribution >= 0.6 is 15.9 Å². The highest BCUT2D eigenvalue weighted by Crippen LogP contribution is 2.33. The van der Waals surface area contributed by atoms with E-state index in [2.05, 4.69) is 33.0 Å². The average Bonchev–Trinajstić information content (AvgIpc) is 2.89. The number of hydrogen-bond acceptors (Lipinski definition) is 3. The zero-order chi connectivity index (χ0) is 13.6. The molecule has 0 spiro atoms. The summed E-state index contributed by atoms with van der Waals surface area (Å²) < 4.78 is 1.06. The molecule has 2 amide bonds. The van der Waals surface area contributed by atoms with E-state index in [1.54, 1.807) is 7.05 Å². The first-order valence-electron chi connectivity index (χ1n) is 6.34. The van der Waals surface area contributed by atoms with Crippen LogP contribution in [0, 0.1) is 11.8 Å². The van der Waals surface area contributed by atoms with E-state index >= 15 is 0 Å². The largest absolute Gasteiger partial charge is 0.297 e. The molecule has 19 heavy (non-hydrogen) atoms. The molecule has 2 fully saturated rings. The molecule has 100 valence electrons. The maximum atomic E-state index is 11.9. The molecule has 2 aliphatic rings. The van der Waals surface area contributed by atoms with Crippen LogP contribution in [0.25, 0.3) is 0 Å². The van der Waals surface area contributed by atoms with E-state index in [1.165, 1.54) is 10.5 Å². The van der Waals surface area contributed by atoms with Gasteiger partial charge in [0.1, 0.15) is 0 Å². The van der Waals surface area contributed by atoms with Gasteiger partial charge in [0.2, 0.25) is 11.8 Å². The molecule has 5 heteroatoms. The lowest BCUT2D eigenvalue weighted by atomic mass is 10.00. The quantitative estimate of drug-likeness (QED) is 0.775. The zero-order valence-corrected chi connectivity index (χ0v) is 12.3. The van der Waals surface area contributed by atoms with E-state index in [1.807, 2.05) is 12.1 Å². The number of carbonyl (C=O) groups is 2. The summed E-state index contributed by atoms with van der Waals surface area (Å²) in [6, 6.07) is 8.15. The molecule has 2 aliphatic heterocycles. The zero-order valence-electron chi connectivity index (χ0n) is 10.7. The van der Waals surface area contributed by atoms with Crippen LogP contribution < -0.4 is 0 Å². The number of fused-ring (bicyclic) bond motifs is 1. The van der Waals surface area contributed by atoms with Gasteiger partial charge in [0.15, 0.2) is 0 Å². The van der Waals surface area contributed by atoms with Gasteiger partial charge in [-0.1, -0.05) is 28.1 Å². The Morgan fingerprint density at radius 2 is 1.63 bits per heavy atom. The Morgan fingerprint density at radius 1 is 1.11 bits per heavy atom. The molecule has 2 atom stereocenters. The van der Waals surface area contributed by atoms with Gasteiger partial charge in [0.05, 0.1) is 11.8 Å². The minimum absolute atomic E-state index is 0.0201. The van der Waals surface area contributed by atoms with Crippen LogP contribution in [-0.2, 0) is 16.1 Å². The molecule has 0 aromatic heterocycles. The standard InChI is InChI=1S/C14H15BrN2O2/c1-16-13(18)11-7-17(8-12(11)14(16)19)6-9-2-4-10(15)5-3-9/h2-5,11-12H,6-8H2,1H3/t11-,12+. The first kappa shape index (κ1) is 12.8. The number of carbonyl (C=O) groups excluding carboxylic acids is 2. The second-order valence-electron chi connectivity index (χ2n) is 5.27. The van der Waals surface area contributed by atoms with Gasteiger partial charge in [0, 0.05) is 31.2 Å². The summed E-state index contributed by atoms with van der Waals surface area (Å²) in [5.41, 5.74) is 1.21. The van der Waals surface area contributed by atoms with E-state index in [-0.39, 0.29) is 23.7 Å². The number of benzene rings is 1. The molecule has 0 unspecified atom stereocenters. The van der Waals surface area contributed by atoms with E-state index in [0.717, 1.165) is 11.0 Å². The molecule has 2 heterocycles. The van der Waals surface area contributed by atoms with Crippen molar-refractivity contribution in [3.63, 3.8) is 0 Å². The Morgan fingerprint density at radius 3 is 2.16 bits per heavy atom. The van der Waals surface area contributed by atoms with Crippen LogP contribution in [0.15, 0.2) is 28.7 Å². The monoisotopic (exact) mass is 322 g/mol. The van der Waals surface area contributed by atoms with Crippen LogP contribution in [0.3, 0.4) is 0 Å². The van der Waals surface area contributed by atoms with Crippen LogP contribution in [0.1, 0.15) is 5.56 Å². The summed E-state index contributed by atoms with van der Waals surface area (Å²) in [7, 11) is 1.59. The third kappa shape index (κ3) is 2.21. The van der Waals surface area contributed by atoms with Crippen molar-refractivity contribution in [1.29, 1.82) is 0 Å². The summed E-state index contributed by atoms with van der Waals surface area (Å²) in [6.07, 6.45) is 0. The van der Waals surface area contributed by atoms with Gasteiger partial charge in [-0.25, -0.2) is 0 Å². The number of nitrogens with zero attached hydrogens (tertiary/aromatic N) is 2. The predicted octanol–water partition coefficient (Wildman–Crippen LogP) is 1.50. The third-order valence-corrected chi connectivity index (χ3v) is 4.54. The van der Waals surface area contributed by atoms with Gasteiger partial charge in [-0.3, -0.25) is 19.4 Å². The van der Waals surface area contributed by atoms with Crippen molar-refractivity contribution in [3.8, 4) is 0 Å². The summed E-state index contributed by atoms with van der Waals surface area (Å²) >= 11 is 3.41. The fourth-order valence-corrected chi connectivity index (χ4v) is 3.23. The van der Waals surface area contributed by atoms with Crippen LogP contribution in [0.5, 0.6) is 0 Å². The second-order valence-corrected chi connectivity index (χ2v) is 6.18. The van der Waals surface area contributed by atoms with Crippen molar-refractivity contribution in [1.82, 2.24) is 9.80 Å². The number of halogens is 1. The fraction of sp³-hybridized carbons (Fsp3) is 0.429. The highest BCUT2D eigenvalue weighted by molar-refractivity contribution is 9.10. The molecule has 0 radical (unpaired) electrons. The van der Waals surface area contributed by atoms with Crippen molar-refractivity contribution in [3.05, 3.63) is 34.3 Å². The molecule has 0 N–H and O–H groups in total. The van der Waals surface area contributed by atoms with Gasteiger partial charge in [-0.15, -0.1) is 0 Å². The number of rotatable bonds is 2. The summed E-state index contributed by atoms with van der Waals surface area (Å²) in [5.74, 6) is -0.303. The van der Waals surface area contributed by atoms with E-state index < -0.39 is 0 Å². The van der Waals surface area contributed by atoms with Gasteiger partial charge in [0.25, 0.3) is 0 Å². The molecule has 3 rings (SSSR count).